The van der Waals surface area contributed by atoms with Crippen LogP contribution in [-0.4, -0.2) is 30.8 Å². The summed E-state index contributed by atoms with van der Waals surface area (Å²) < 4.78 is 5.35. The summed E-state index contributed by atoms with van der Waals surface area (Å²) in [6.07, 6.45) is 2.11. The highest BCUT2D eigenvalue weighted by atomic mass is 16.5. The first-order valence-corrected chi connectivity index (χ1v) is 7.44. The van der Waals surface area contributed by atoms with E-state index in [9.17, 15) is 4.79 Å². The van der Waals surface area contributed by atoms with E-state index < -0.39 is 5.41 Å². The van der Waals surface area contributed by atoms with Crippen LogP contribution in [0.1, 0.15) is 39.2 Å². The van der Waals surface area contributed by atoms with Crippen molar-refractivity contribution in [2.45, 2.75) is 46.1 Å². The Balaban J connectivity index is 2.69. The molecule has 1 aromatic rings. The number of nitrogens with one attached hydrogen (secondary N) is 1. The summed E-state index contributed by atoms with van der Waals surface area (Å²) in [5, 5.41) is 11.9. The Morgan fingerprint density at radius 1 is 1.38 bits per heavy atom. The van der Waals surface area contributed by atoms with Gasteiger partial charge < -0.3 is 15.2 Å². The topological polar surface area (TPSA) is 58.6 Å². The van der Waals surface area contributed by atoms with Gasteiger partial charge in [-0.1, -0.05) is 32.0 Å². The van der Waals surface area contributed by atoms with Crippen molar-refractivity contribution in [3.63, 3.8) is 0 Å². The molecule has 1 atom stereocenters. The van der Waals surface area contributed by atoms with Crippen molar-refractivity contribution in [3.05, 3.63) is 29.8 Å². The molecule has 1 unspecified atom stereocenters. The molecule has 0 saturated heterocycles. The number of carbonyl (C=O) groups is 1. The highest BCUT2D eigenvalue weighted by Crippen LogP contribution is 2.28. The first-order valence-electron chi connectivity index (χ1n) is 7.44. The third-order valence-electron chi connectivity index (χ3n) is 3.61. The van der Waals surface area contributed by atoms with E-state index in [0.717, 1.165) is 17.7 Å². The Bertz CT molecular complexity index is 457. The summed E-state index contributed by atoms with van der Waals surface area (Å²) in [7, 11) is 1.64. The lowest BCUT2D eigenvalue weighted by Crippen LogP contribution is -2.42. The second-order valence-electron chi connectivity index (χ2n) is 6.11. The molecule has 0 aliphatic rings. The van der Waals surface area contributed by atoms with E-state index in [4.69, 9.17) is 9.84 Å². The number of ether oxygens (including phenoxy) is 1. The maximum Gasteiger partial charge on any atom is 0.226 e. The van der Waals surface area contributed by atoms with E-state index in [1.165, 1.54) is 0 Å². The van der Waals surface area contributed by atoms with Crippen molar-refractivity contribution in [1.29, 1.82) is 0 Å². The number of benzene rings is 1. The number of rotatable bonds is 8. The van der Waals surface area contributed by atoms with Gasteiger partial charge >= 0.3 is 0 Å². The highest BCUT2D eigenvalue weighted by molar-refractivity contribution is 5.82. The second-order valence-corrected chi connectivity index (χ2v) is 6.11. The summed E-state index contributed by atoms with van der Waals surface area (Å²) >= 11 is 0. The summed E-state index contributed by atoms with van der Waals surface area (Å²) in [6, 6.07) is 7.85. The van der Waals surface area contributed by atoms with Gasteiger partial charge in [0.15, 0.2) is 0 Å². The van der Waals surface area contributed by atoms with Crippen LogP contribution in [0.2, 0.25) is 0 Å². The average molecular weight is 293 g/mol. The first kappa shape index (κ1) is 17.5. The van der Waals surface area contributed by atoms with Crippen LogP contribution in [0.4, 0.5) is 0 Å². The van der Waals surface area contributed by atoms with Crippen molar-refractivity contribution in [2.24, 2.45) is 5.41 Å². The minimum Gasteiger partial charge on any atom is -0.496 e. The van der Waals surface area contributed by atoms with E-state index in [2.05, 4.69) is 5.32 Å². The third kappa shape index (κ3) is 5.38. The highest BCUT2D eigenvalue weighted by Gasteiger charge is 2.29. The number of hydrogen-bond donors (Lipinski definition) is 2. The van der Waals surface area contributed by atoms with E-state index >= 15 is 0 Å². The van der Waals surface area contributed by atoms with Gasteiger partial charge in [-0.25, -0.2) is 0 Å². The Morgan fingerprint density at radius 3 is 2.67 bits per heavy atom. The molecule has 0 fully saturated rings. The van der Waals surface area contributed by atoms with Crippen molar-refractivity contribution >= 4 is 5.91 Å². The molecular weight excluding hydrogens is 266 g/mol. The lowest BCUT2D eigenvalue weighted by molar-refractivity contribution is -0.130. The Morgan fingerprint density at radius 2 is 2.05 bits per heavy atom. The quantitative estimate of drug-likeness (QED) is 0.774. The lowest BCUT2D eigenvalue weighted by Gasteiger charge is -2.26. The van der Waals surface area contributed by atoms with Crippen LogP contribution < -0.4 is 10.1 Å². The van der Waals surface area contributed by atoms with Gasteiger partial charge in [0.05, 0.1) is 7.11 Å². The number of amides is 1. The fourth-order valence-electron chi connectivity index (χ4n) is 2.29. The molecule has 0 heterocycles. The zero-order valence-corrected chi connectivity index (χ0v) is 13.5. The number of aliphatic hydroxyl groups is 1. The standard InChI is InChI=1S/C17H27NO3/c1-13(8-7-11-19)18-16(20)17(2,3)12-14-9-5-6-10-15(14)21-4/h5-6,9-10,13,19H,7-8,11-12H2,1-4H3,(H,18,20). The van der Waals surface area contributed by atoms with Crippen LogP contribution in [0, 0.1) is 5.41 Å². The Labute approximate surface area is 127 Å². The molecule has 21 heavy (non-hydrogen) atoms. The van der Waals surface area contributed by atoms with E-state index in [0.29, 0.717) is 12.8 Å². The first-order chi connectivity index (χ1) is 9.90. The molecule has 2 N–H and O–H groups in total. The number of carbonyl (C=O) groups excluding carboxylic acids is 1. The lowest BCUT2D eigenvalue weighted by atomic mass is 9.84. The van der Waals surface area contributed by atoms with E-state index in [1.54, 1.807) is 7.11 Å². The molecule has 0 radical (unpaired) electrons. The number of hydrogen-bond acceptors (Lipinski definition) is 3. The Hall–Kier alpha value is -1.55. The van der Waals surface area contributed by atoms with Gasteiger partial charge in [0.25, 0.3) is 0 Å². The molecule has 0 aliphatic heterocycles. The van der Waals surface area contributed by atoms with Crippen LogP contribution in [0.25, 0.3) is 0 Å². The minimum absolute atomic E-state index is 0.0267. The summed E-state index contributed by atoms with van der Waals surface area (Å²) in [5.74, 6) is 0.838. The second kappa shape index (κ2) is 8.03. The van der Waals surface area contributed by atoms with Crippen molar-refractivity contribution in [1.82, 2.24) is 5.32 Å². The molecule has 0 aromatic heterocycles. The Kier molecular flexibility index (Phi) is 6.69. The smallest absolute Gasteiger partial charge is 0.226 e. The van der Waals surface area contributed by atoms with Crippen molar-refractivity contribution in [3.8, 4) is 5.75 Å². The van der Waals surface area contributed by atoms with E-state index in [-0.39, 0.29) is 18.6 Å². The van der Waals surface area contributed by atoms with Crippen LogP contribution in [0.3, 0.4) is 0 Å². The molecule has 4 nitrogen and oxygen atoms in total. The van der Waals surface area contributed by atoms with Crippen LogP contribution in [0.15, 0.2) is 24.3 Å². The normalized spacial score (nSPS) is 12.8. The maximum absolute atomic E-state index is 12.4. The predicted molar refractivity (Wildman–Crippen MR) is 84.4 cm³/mol. The minimum atomic E-state index is -0.512. The average Bonchev–Trinajstić information content (AvgIpc) is 2.45. The largest absolute Gasteiger partial charge is 0.496 e. The molecule has 0 spiro atoms. The summed E-state index contributed by atoms with van der Waals surface area (Å²) in [4.78, 5) is 12.4. The van der Waals surface area contributed by atoms with Crippen LogP contribution in [-0.2, 0) is 11.2 Å². The molecule has 0 aliphatic carbocycles. The number of aliphatic hydroxyl groups excluding tert-OH is 1. The molecule has 4 heteroatoms. The van der Waals surface area contributed by atoms with Gasteiger partial charge in [-0.3, -0.25) is 4.79 Å². The van der Waals surface area contributed by atoms with Gasteiger partial charge in [0, 0.05) is 18.1 Å². The molecule has 1 aromatic carbocycles. The van der Waals surface area contributed by atoms with Gasteiger partial charge in [-0.05, 0) is 37.8 Å². The molecule has 1 amide bonds. The molecule has 1 rings (SSSR count). The van der Waals surface area contributed by atoms with E-state index in [1.807, 2.05) is 45.0 Å². The van der Waals surface area contributed by atoms with Crippen molar-refractivity contribution < 1.29 is 14.6 Å². The van der Waals surface area contributed by atoms with Crippen LogP contribution >= 0.6 is 0 Å². The van der Waals surface area contributed by atoms with Gasteiger partial charge in [-0.2, -0.15) is 0 Å². The zero-order valence-electron chi connectivity index (χ0n) is 13.5. The molecule has 0 saturated carbocycles. The summed E-state index contributed by atoms with van der Waals surface area (Å²) in [5.41, 5.74) is 0.519. The third-order valence-corrected chi connectivity index (χ3v) is 3.61. The maximum atomic E-state index is 12.4. The molecular formula is C17H27NO3. The fraction of sp³-hybridized carbons (Fsp3) is 0.588. The zero-order chi connectivity index (χ0) is 15.9. The van der Waals surface area contributed by atoms with Gasteiger partial charge in [0.1, 0.15) is 5.75 Å². The SMILES string of the molecule is COc1ccccc1CC(C)(C)C(=O)NC(C)CCCO. The monoisotopic (exact) mass is 293 g/mol. The summed E-state index contributed by atoms with van der Waals surface area (Å²) in [6.45, 7) is 6.00. The van der Waals surface area contributed by atoms with Gasteiger partial charge in [-0.15, -0.1) is 0 Å². The molecule has 118 valence electrons. The predicted octanol–water partition coefficient (Wildman–Crippen LogP) is 2.54. The number of methoxy groups -OCH3 is 1. The number of para-hydroxylation sites is 1. The van der Waals surface area contributed by atoms with Gasteiger partial charge in [0.2, 0.25) is 5.91 Å². The fourth-order valence-corrected chi connectivity index (χ4v) is 2.29. The van der Waals surface area contributed by atoms with Crippen molar-refractivity contribution in [2.75, 3.05) is 13.7 Å². The molecule has 0 bridgehead atoms. The van der Waals surface area contributed by atoms with Crippen LogP contribution in [0.5, 0.6) is 5.75 Å².